The number of rotatable bonds is 8. The Labute approximate surface area is 234 Å². The third-order valence-electron chi connectivity index (χ3n) is 7.73. The van der Waals surface area contributed by atoms with Crippen LogP contribution in [-0.4, -0.2) is 71.3 Å². The predicted octanol–water partition coefficient (Wildman–Crippen LogP) is 4.74. The molecule has 0 radical (unpaired) electrons. The van der Waals surface area contributed by atoms with E-state index in [4.69, 9.17) is 0 Å². The molecule has 0 spiro atoms. The number of thiazole rings is 1. The summed E-state index contributed by atoms with van der Waals surface area (Å²) in [6.07, 6.45) is 3.82. The molecule has 2 aliphatic rings. The minimum atomic E-state index is -0.342. The first-order chi connectivity index (χ1) is 18.6. The van der Waals surface area contributed by atoms with E-state index in [9.17, 15) is 18.8 Å². The van der Waals surface area contributed by atoms with Gasteiger partial charge in [0.1, 0.15) is 5.82 Å². The second-order valence-corrected chi connectivity index (χ2v) is 12.3. The maximum Gasteiger partial charge on any atom is 0.321 e. The van der Waals surface area contributed by atoms with Gasteiger partial charge in [-0.3, -0.25) is 14.9 Å². The van der Waals surface area contributed by atoms with Gasteiger partial charge in [0, 0.05) is 51.0 Å². The number of nitrogens with one attached hydrogen (secondary N) is 2. The average Bonchev–Trinajstić information content (AvgIpc) is 3.26. The molecule has 2 N–H and O–H groups in total. The monoisotopic (exact) mass is 557 g/mol. The minimum Gasteiger partial charge on any atom is -0.342 e. The Bertz CT molecular complexity index is 1170. The first-order valence-corrected chi connectivity index (χ1v) is 14.7. The molecule has 0 bridgehead atoms. The van der Waals surface area contributed by atoms with Gasteiger partial charge in [-0.1, -0.05) is 37.3 Å². The average molecular weight is 558 g/mol. The molecule has 3 atom stereocenters. The Morgan fingerprint density at radius 2 is 1.87 bits per heavy atom. The first-order valence-electron chi connectivity index (χ1n) is 13.9. The summed E-state index contributed by atoms with van der Waals surface area (Å²) in [5.41, 5.74) is 1.76. The second-order valence-electron chi connectivity index (χ2n) is 11.3. The van der Waals surface area contributed by atoms with Crippen LogP contribution in [-0.2, 0) is 11.2 Å². The zero-order valence-corrected chi connectivity index (χ0v) is 24.2. The molecule has 1 unspecified atom stereocenters. The Morgan fingerprint density at radius 3 is 2.54 bits per heavy atom. The van der Waals surface area contributed by atoms with E-state index in [-0.39, 0.29) is 41.4 Å². The van der Waals surface area contributed by atoms with Crippen LogP contribution in [0.25, 0.3) is 0 Å². The van der Waals surface area contributed by atoms with Gasteiger partial charge in [0.15, 0.2) is 10.9 Å². The van der Waals surface area contributed by atoms with Crippen molar-refractivity contribution in [1.29, 1.82) is 0 Å². The predicted molar refractivity (Wildman–Crippen MR) is 152 cm³/mol. The third kappa shape index (κ3) is 7.85. The van der Waals surface area contributed by atoms with Crippen LogP contribution in [0.4, 0.5) is 14.3 Å². The lowest BCUT2D eigenvalue weighted by Crippen LogP contribution is -2.57. The molecule has 8 nitrogen and oxygen atoms in total. The molecule has 0 saturated carbocycles. The number of carbonyl (C=O) groups excluding carboxylic acids is 3. The van der Waals surface area contributed by atoms with E-state index in [1.54, 1.807) is 6.92 Å². The molecule has 39 heavy (non-hydrogen) atoms. The number of nitrogens with zero attached hydrogens (tertiary/aromatic N) is 3. The summed E-state index contributed by atoms with van der Waals surface area (Å²) in [5, 5.41) is 6.35. The zero-order valence-electron chi connectivity index (χ0n) is 23.3. The number of anilines is 1. The summed E-state index contributed by atoms with van der Waals surface area (Å²) in [7, 11) is 0. The molecule has 1 aromatic heterocycles. The van der Waals surface area contributed by atoms with E-state index in [2.05, 4.69) is 20.5 Å². The van der Waals surface area contributed by atoms with Gasteiger partial charge in [0.25, 0.3) is 0 Å². The number of benzene rings is 1. The molecule has 4 rings (SSSR count). The fraction of sp³-hybridized carbons (Fsp3) is 0.586. The maximum atomic E-state index is 13.3. The Balaban J connectivity index is 1.41. The van der Waals surface area contributed by atoms with Crippen LogP contribution < -0.4 is 10.6 Å². The molecule has 2 aromatic rings. The molecule has 0 aliphatic carbocycles. The van der Waals surface area contributed by atoms with Crippen molar-refractivity contribution in [2.75, 3.05) is 38.0 Å². The normalized spacial score (nSPS) is 22.1. The summed E-state index contributed by atoms with van der Waals surface area (Å²) in [4.78, 5) is 46.8. The molecule has 3 heterocycles. The molecule has 212 valence electrons. The Kier molecular flexibility index (Phi) is 9.71. The number of carbonyl (C=O) groups is 3. The van der Waals surface area contributed by atoms with Crippen molar-refractivity contribution in [2.24, 2.45) is 17.8 Å². The second kappa shape index (κ2) is 13.0. The van der Waals surface area contributed by atoms with Crippen molar-refractivity contribution in [1.82, 2.24) is 20.1 Å². The number of aryl methyl sites for hydroxylation is 1. The van der Waals surface area contributed by atoms with Crippen LogP contribution in [0.3, 0.4) is 0 Å². The number of amides is 3. The zero-order chi connectivity index (χ0) is 28.1. The van der Waals surface area contributed by atoms with Crippen LogP contribution >= 0.6 is 11.3 Å². The minimum absolute atomic E-state index is 0.0695. The van der Waals surface area contributed by atoms with E-state index < -0.39 is 0 Å². The SMILES string of the molecule is CC(=O)c1sc(NC(=O)N[C@@H]2CCN(C(=O)C(C)C)C[C@H]2CN2CCCC(Cc3ccc(F)cc3)C2)nc1C. The number of ketones is 1. The summed E-state index contributed by atoms with van der Waals surface area (Å²) in [6.45, 7) is 11.0. The van der Waals surface area contributed by atoms with Crippen molar-refractivity contribution in [3.63, 3.8) is 0 Å². The first kappa shape index (κ1) is 29.1. The summed E-state index contributed by atoms with van der Waals surface area (Å²) in [6, 6.07) is 6.35. The molecule has 2 fully saturated rings. The van der Waals surface area contributed by atoms with E-state index in [0.29, 0.717) is 41.1 Å². The van der Waals surface area contributed by atoms with Crippen molar-refractivity contribution < 1.29 is 18.8 Å². The largest absolute Gasteiger partial charge is 0.342 e. The molecule has 10 heteroatoms. The van der Waals surface area contributed by atoms with E-state index in [0.717, 1.165) is 44.5 Å². The van der Waals surface area contributed by atoms with Gasteiger partial charge in [-0.15, -0.1) is 0 Å². The Hall–Kier alpha value is -2.85. The van der Waals surface area contributed by atoms with E-state index in [1.165, 1.54) is 30.4 Å². The van der Waals surface area contributed by atoms with Crippen molar-refractivity contribution in [2.45, 2.75) is 59.4 Å². The van der Waals surface area contributed by atoms with E-state index in [1.807, 2.05) is 30.9 Å². The highest BCUT2D eigenvalue weighted by Gasteiger charge is 2.35. The topological polar surface area (TPSA) is 94.6 Å². The van der Waals surface area contributed by atoms with Gasteiger partial charge in [-0.25, -0.2) is 14.2 Å². The van der Waals surface area contributed by atoms with Crippen LogP contribution in [0.1, 0.15) is 61.0 Å². The number of Topliss-reactive ketones (excluding diaryl/α,β-unsaturated/α-hetero) is 1. The van der Waals surface area contributed by atoms with Crippen LogP contribution in [0.5, 0.6) is 0 Å². The maximum absolute atomic E-state index is 13.3. The highest BCUT2D eigenvalue weighted by atomic mass is 32.1. The summed E-state index contributed by atoms with van der Waals surface area (Å²) < 4.78 is 13.3. The van der Waals surface area contributed by atoms with Crippen LogP contribution in [0, 0.1) is 30.5 Å². The lowest BCUT2D eigenvalue weighted by Gasteiger charge is -2.43. The third-order valence-corrected chi connectivity index (χ3v) is 8.90. The number of aromatic nitrogens is 1. The molecular formula is C29H40FN5O3S. The van der Waals surface area contributed by atoms with Crippen molar-refractivity contribution >= 4 is 34.2 Å². The molecule has 3 amide bonds. The quantitative estimate of drug-likeness (QED) is 0.457. The summed E-state index contributed by atoms with van der Waals surface area (Å²) >= 11 is 1.18. The van der Waals surface area contributed by atoms with Gasteiger partial charge >= 0.3 is 6.03 Å². The number of piperidine rings is 2. The standard InChI is InChI=1S/C29H40FN5O3S/c1-18(2)27(37)35-13-11-25(32-28(38)33-29-31-19(3)26(39-29)20(4)36)23(17-35)16-34-12-5-6-22(15-34)14-21-7-9-24(30)10-8-21/h7-10,18,22-23,25H,5-6,11-17H2,1-4H3,(H2,31,32,33,38)/t22?,23-,25-/m1/s1. The van der Waals surface area contributed by atoms with Gasteiger partial charge in [-0.05, 0) is 62.8 Å². The lowest BCUT2D eigenvalue weighted by atomic mass is 9.87. The Morgan fingerprint density at radius 1 is 1.13 bits per heavy atom. The lowest BCUT2D eigenvalue weighted by molar-refractivity contribution is -0.136. The number of hydrogen-bond donors (Lipinski definition) is 2. The highest BCUT2D eigenvalue weighted by molar-refractivity contribution is 7.17. The summed E-state index contributed by atoms with van der Waals surface area (Å²) in [5.74, 6) is 0.360. The fourth-order valence-electron chi connectivity index (χ4n) is 5.82. The van der Waals surface area contributed by atoms with Crippen molar-refractivity contribution in [3.05, 3.63) is 46.2 Å². The van der Waals surface area contributed by atoms with E-state index >= 15 is 0 Å². The van der Waals surface area contributed by atoms with Gasteiger partial charge in [0.2, 0.25) is 5.91 Å². The van der Waals surface area contributed by atoms with Crippen LogP contribution in [0.2, 0.25) is 0 Å². The number of halogens is 1. The molecule has 1 aromatic carbocycles. The highest BCUT2D eigenvalue weighted by Crippen LogP contribution is 2.26. The smallest absolute Gasteiger partial charge is 0.321 e. The molecule has 2 aliphatic heterocycles. The van der Waals surface area contributed by atoms with Crippen LogP contribution in [0.15, 0.2) is 24.3 Å². The molecule has 2 saturated heterocycles. The van der Waals surface area contributed by atoms with Gasteiger partial charge in [0.05, 0.1) is 10.6 Å². The number of hydrogen-bond acceptors (Lipinski definition) is 6. The molecular weight excluding hydrogens is 517 g/mol. The van der Waals surface area contributed by atoms with Gasteiger partial charge in [-0.2, -0.15) is 0 Å². The van der Waals surface area contributed by atoms with Gasteiger partial charge < -0.3 is 15.1 Å². The van der Waals surface area contributed by atoms with Crippen molar-refractivity contribution in [3.8, 4) is 0 Å². The number of urea groups is 1. The fourth-order valence-corrected chi connectivity index (χ4v) is 6.68. The number of likely N-dealkylation sites (tertiary alicyclic amines) is 2.